The highest BCUT2D eigenvalue weighted by molar-refractivity contribution is 5.95. The molecule has 2 aromatic carbocycles. The highest BCUT2D eigenvalue weighted by atomic mass is 16.6. The van der Waals surface area contributed by atoms with Crippen molar-refractivity contribution in [2.45, 2.75) is 13.0 Å². The molecule has 1 saturated heterocycles. The SMILES string of the molecule is CC(=O)c1ccc(NC(=O)C[NH+]2CCN(C(=O)[C@@H]3COc4ccccc4O3)CC2)cc1. The van der Waals surface area contributed by atoms with Crippen LogP contribution in [0.3, 0.4) is 0 Å². The number of anilines is 1. The van der Waals surface area contributed by atoms with E-state index in [1.54, 1.807) is 35.2 Å². The summed E-state index contributed by atoms with van der Waals surface area (Å²) < 4.78 is 11.5. The number of ketones is 1. The van der Waals surface area contributed by atoms with Gasteiger partial charge in [-0.05, 0) is 43.3 Å². The second kappa shape index (κ2) is 9.18. The van der Waals surface area contributed by atoms with Gasteiger partial charge in [-0.1, -0.05) is 12.1 Å². The molecular weight excluding hydrogens is 398 g/mol. The molecule has 0 radical (unpaired) electrons. The summed E-state index contributed by atoms with van der Waals surface area (Å²) in [5.41, 5.74) is 1.28. The lowest BCUT2D eigenvalue weighted by molar-refractivity contribution is -0.895. The van der Waals surface area contributed by atoms with Crippen LogP contribution >= 0.6 is 0 Å². The molecule has 162 valence electrons. The topological polar surface area (TPSA) is 89.4 Å². The summed E-state index contributed by atoms with van der Waals surface area (Å²) in [7, 11) is 0. The standard InChI is InChI=1S/C23H25N3O5/c1-16(27)17-6-8-18(9-7-17)24-22(28)14-25-10-12-26(13-11-25)23(29)21-15-30-19-4-2-3-5-20(19)31-21/h2-9,21H,10-15H2,1H3,(H,24,28)/p+1/t21-/m0/s1. The minimum atomic E-state index is -0.641. The molecule has 0 spiro atoms. The Morgan fingerprint density at radius 2 is 1.71 bits per heavy atom. The number of Topliss-reactive ketones (excluding diaryl/α,β-unsaturated/α-hetero) is 1. The highest BCUT2D eigenvalue weighted by Gasteiger charge is 2.34. The molecule has 2 amide bonds. The van der Waals surface area contributed by atoms with E-state index in [-0.39, 0.29) is 24.2 Å². The molecular formula is C23H26N3O5+. The number of hydrogen-bond acceptors (Lipinski definition) is 5. The van der Waals surface area contributed by atoms with E-state index >= 15 is 0 Å². The molecule has 0 aromatic heterocycles. The number of fused-ring (bicyclic) bond motifs is 1. The van der Waals surface area contributed by atoms with Crippen LogP contribution in [0.25, 0.3) is 0 Å². The van der Waals surface area contributed by atoms with Gasteiger partial charge in [-0.15, -0.1) is 0 Å². The quantitative estimate of drug-likeness (QED) is 0.678. The maximum Gasteiger partial charge on any atom is 0.279 e. The van der Waals surface area contributed by atoms with Gasteiger partial charge in [0.2, 0.25) is 6.10 Å². The molecule has 31 heavy (non-hydrogen) atoms. The number of ether oxygens (including phenoxy) is 2. The lowest BCUT2D eigenvalue weighted by Gasteiger charge is -2.35. The third-order valence-corrected chi connectivity index (χ3v) is 5.55. The number of carbonyl (C=O) groups is 3. The molecule has 4 rings (SSSR count). The van der Waals surface area contributed by atoms with Gasteiger partial charge >= 0.3 is 0 Å². The minimum Gasteiger partial charge on any atom is -0.485 e. The maximum absolute atomic E-state index is 12.8. The number of para-hydroxylation sites is 2. The van der Waals surface area contributed by atoms with Gasteiger partial charge in [0, 0.05) is 11.3 Å². The fourth-order valence-corrected chi connectivity index (χ4v) is 3.79. The number of benzene rings is 2. The van der Waals surface area contributed by atoms with Gasteiger partial charge in [-0.3, -0.25) is 14.4 Å². The van der Waals surface area contributed by atoms with E-state index in [2.05, 4.69) is 5.32 Å². The van der Waals surface area contributed by atoms with Crippen LogP contribution in [0.5, 0.6) is 11.5 Å². The smallest absolute Gasteiger partial charge is 0.279 e. The lowest BCUT2D eigenvalue weighted by atomic mass is 10.1. The van der Waals surface area contributed by atoms with Crippen molar-refractivity contribution in [3.05, 3.63) is 54.1 Å². The number of hydrogen-bond donors (Lipinski definition) is 2. The number of carbonyl (C=O) groups excluding carboxylic acids is 3. The molecule has 1 atom stereocenters. The van der Waals surface area contributed by atoms with Crippen LogP contribution in [0.4, 0.5) is 5.69 Å². The Hall–Kier alpha value is -3.39. The second-order valence-electron chi connectivity index (χ2n) is 7.80. The Labute approximate surface area is 180 Å². The van der Waals surface area contributed by atoms with Gasteiger partial charge < -0.3 is 24.6 Å². The summed E-state index contributed by atoms with van der Waals surface area (Å²) in [6.45, 7) is 4.54. The van der Waals surface area contributed by atoms with E-state index in [1.165, 1.54) is 6.92 Å². The first-order chi connectivity index (χ1) is 15.0. The summed E-state index contributed by atoms with van der Waals surface area (Å²) in [6, 6.07) is 14.2. The lowest BCUT2D eigenvalue weighted by Crippen LogP contribution is -3.15. The number of amides is 2. The van der Waals surface area contributed by atoms with Crippen molar-refractivity contribution in [3.8, 4) is 11.5 Å². The zero-order valence-corrected chi connectivity index (χ0v) is 17.4. The van der Waals surface area contributed by atoms with Gasteiger partial charge in [0.25, 0.3) is 11.8 Å². The monoisotopic (exact) mass is 424 g/mol. The number of piperazine rings is 1. The number of quaternary nitrogens is 1. The number of rotatable bonds is 5. The summed E-state index contributed by atoms with van der Waals surface area (Å²) in [4.78, 5) is 39.4. The van der Waals surface area contributed by atoms with E-state index < -0.39 is 6.10 Å². The van der Waals surface area contributed by atoms with E-state index in [0.717, 1.165) is 4.90 Å². The summed E-state index contributed by atoms with van der Waals surface area (Å²) in [5, 5.41) is 2.86. The number of nitrogens with zero attached hydrogens (tertiary/aromatic N) is 1. The van der Waals surface area contributed by atoms with E-state index in [0.29, 0.717) is 55.5 Å². The first kappa shape index (κ1) is 20.9. The first-order valence-electron chi connectivity index (χ1n) is 10.4. The van der Waals surface area contributed by atoms with Crippen LogP contribution in [-0.4, -0.2) is 67.9 Å². The van der Waals surface area contributed by atoms with Gasteiger partial charge in [-0.25, -0.2) is 0 Å². The molecule has 0 saturated carbocycles. The Morgan fingerprint density at radius 3 is 2.39 bits per heavy atom. The fraction of sp³-hybridized carbons (Fsp3) is 0.348. The van der Waals surface area contributed by atoms with Crippen LogP contribution in [0, 0.1) is 0 Å². The van der Waals surface area contributed by atoms with E-state index in [9.17, 15) is 14.4 Å². The van der Waals surface area contributed by atoms with E-state index in [4.69, 9.17) is 9.47 Å². The van der Waals surface area contributed by atoms with Crippen LogP contribution in [0.2, 0.25) is 0 Å². The predicted octanol–water partition coefficient (Wildman–Crippen LogP) is 0.395. The van der Waals surface area contributed by atoms with Crippen LogP contribution in [0.15, 0.2) is 48.5 Å². The van der Waals surface area contributed by atoms with Gasteiger partial charge in [0.05, 0.1) is 26.2 Å². The van der Waals surface area contributed by atoms with E-state index in [1.807, 2.05) is 18.2 Å². The molecule has 0 bridgehead atoms. The summed E-state index contributed by atoms with van der Waals surface area (Å²) >= 11 is 0. The second-order valence-corrected chi connectivity index (χ2v) is 7.80. The molecule has 2 aromatic rings. The molecule has 0 unspecified atom stereocenters. The van der Waals surface area contributed by atoms with Crippen molar-refractivity contribution in [1.29, 1.82) is 0 Å². The van der Waals surface area contributed by atoms with Crippen LogP contribution < -0.4 is 19.7 Å². The van der Waals surface area contributed by atoms with Crippen molar-refractivity contribution in [2.75, 3.05) is 44.6 Å². The highest BCUT2D eigenvalue weighted by Crippen LogP contribution is 2.31. The molecule has 8 nitrogen and oxygen atoms in total. The van der Waals surface area contributed by atoms with Gasteiger partial charge in [0.1, 0.15) is 6.61 Å². The molecule has 2 N–H and O–H groups in total. The zero-order chi connectivity index (χ0) is 21.8. The average Bonchev–Trinajstić information content (AvgIpc) is 2.79. The summed E-state index contributed by atoms with van der Waals surface area (Å²) in [5.74, 6) is 1.06. The fourth-order valence-electron chi connectivity index (χ4n) is 3.79. The molecule has 2 heterocycles. The van der Waals surface area contributed by atoms with Gasteiger partial charge in [-0.2, -0.15) is 0 Å². The molecule has 2 aliphatic heterocycles. The van der Waals surface area contributed by atoms with Crippen LogP contribution in [0.1, 0.15) is 17.3 Å². The third kappa shape index (κ3) is 5.03. The van der Waals surface area contributed by atoms with Crippen molar-refractivity contribution >= 4 is 23.3 Å². The Kier molecular flexibility index (Phi) is 6.18. The Morgan fingerprint density at radius 1 is 1.03 bits per heavy atom. The first-order valence-corrected chi connectivity index (χ1v) is 10.4. The van der Waals surface area contributed by atoms with Gasteiger partial charge in [0.15, 0.2) is 23.8 Å². The van der Waals surface area contributed by atoms with Crippen molar-refractivity contribution in [1.82, 2.24) is 4.90 Å². The third-order valence-electron chi connectivity index (χ3n) is 5.55. The average molecular weight is 424 g/mol. The predicted molar refractivity (Wildman–Crippen MR) is 114 cm³/mol. The van der Waals surface area contributed by atoms with Crippen molar-refractivity contribution in [3.63, 3.8) is 0 Å². The minimum absolute atomic E-state index is 0.0101. The van der Waals surface area contributed by atoms with Crippen molar-refractivity contribution < 1.29 is 28.8 Å². The molecule has 1 fully saturated rings. The zero-order valence-electron chi connectivity index (χ0n) is 17.4. The maximum atomic E-state index is 12.8. The van der Waals surface area contributed by atoms with Crippen molar-refractivity contribution in [2.24, 2.45) is 0 Å². The molecule has 2 aliphatic rings. The Balaban J connectivity index is 1.23. The molecule has 8 heteroatoms. The Bertz CT molecular complexity index is 967. The number of nitrogens with one attached hydrogen (secondary N) is 2. The normalized spacial score (nSPS) is 18.4. The largest absolute Gasteiger partial charge is 0.485 e. The molecule has 0 aliphatic carbocycles. The summed E-state index contributed by atoms with van der Waals surface area (Å²) in [6.07, 6.45) is -0.641. The van der Waals surface area contributed by atoms with Crippen LogP contribution in [-0.2, 0) is 9.59 Å².